The minimum Gasteiger partial charge on any atom is -0.358 e. The van der Waals surface area contributed by atoms with Crippen molar-refractivity contribution in [3.8, 4) is 0 Å². The molecule has 0 bridgehead atoms. The number of hydrogen-bond acceptors (Lipinski definition) is 3. The van der Waals surface area contributed by atoms with Crippen LogP contribution < -0.4 is 9.62 Å². The Kier molecular flexibility index (Phi) is 5.18. The molecule has 0 fully saturated rings. The van der Waals surface area contributed by atoms with Gasteiger partial charge in [-0.3, -0.25) is 4.79 Å². The predicted molar refractivity (Wildman–Crippen MR) is 119 cm³/mol. The first-order chi connectivity index (χ1) is 14.5. The number of carbonyl (C=O) groups excluding carboxylic acids is 1. The summed E-state index contributed by atoms with van der Waals surface area (Å²) in [7, 11) is -2.04. The van der Waals surface area contributed by atoms with E-state index in [2.05, 4.69) is 9.71 Å². The normalized spacial score (nSPS) is 16.0. The molecule has 2 heterocycles. The van der Waals surface area contributed by atoms with Crippen LogP contribution in [-0.2, 0) is 26.7 Å². The van der Waals surface area contributed by atoms with Crippen molar-refractivity contribution >= 4 is 32.5 Å². The number of rotatable bonds is 5. The van der Waals surface area contributed by atoms with Crippen LogP contribution in [0.25, 0.3) is 10.9 Å². The summed E-state index contributed by atoms with van der Waals surface area (Å²) in [5.74, 6) is -0.315. The molecule has 31 heavy (non-hydrogen) atoms. The number of carbonyl (C=O) groups is 1. The Labute approximate surface area is 181 Å². The SMILES string of the molecule is Cc1[nH]c2ccc(F)cc2c1CCNS(=O)(=O)c1ccc2c(c1)C(C)(C)CC(=O)N2C. The summed E-state index contributed by atoms with van der Waals surface area (Å²) in [5, 5.41) is 0.764. The number of anilines is 1. The Morgan fingerprint density at radius 1 is 1.19 bits per heavy atom. The van der Waals surface area contributed by atoms with Crippen molar-refractivity contribution in [2.45, 2.75) is 43.9 Å². The predicted octanol–water partition coefficient (Wildman–Crippen LogP) is 3.78. The number of fused-ring (bicyclic) bond motifs is 2. The number of sulfonamides is 1. The molecule has 2 N–H and O–H groups in total. The molecular formula is C23H26FN3O3S. The minimum absolute atomic E-state index is 0.0109. The molecule has 1 aromatic heterocycles. The molecule has 0 atom stereocenters. The zero-order valence-corrected chi connectivity index (χ0v) is 18.9. The van der Waals surface area contributed by atoms with E-state index in [4.69, 9.17) is 0 Å². The van der Waals surface area contributed by atoms with Gasteiger partial charge in [0.25, 0.3) is 0 Å². The number of amides is 1. The fraction of sp³-hybridized carbons (Fsp3) is 0.348. The van der Waals surface area contributed by atoms with Crippen molar-refractivity contribution in [2.24, 2.45) is 0 Å². The molecule has 0 saturated carbocycles. The van der Waals surface area contributed by atoms with Gasteiger partial charge in [-0.2, -0.15) is 0 Å². The van der Waals surface area contributed by atoms with Crippen molar-refractivity contribution in [3.05, 3.63) is 59.0 Å². The Balaban J connectivity index is 1.56. The van der Waals surface area contributed by atoms with Gasteiger partial charge in [0.15, 0.2) is 0 Å². The average molecular weight is 444 g/mol. The third-order valence-corrected chi connectivity index (χ3v) is 7.54. The number of benzene rings is 2. The molecule has 3 aromatic rings. The lowest BCUT2D eigenvalue weighted by molar-refractivity contribution is -0.119. The van der Waals surface area contributed by atoms with Crippen LogP contribution in [0.1, 0.15) is 37.1 Å². The first kappa shape index (κ1) is 21.5. The maximum atomic E-state index is 13.7. The Bertz CT molecular complexity index is 1290. The highest BCUT2D eigenvalue weighted by molar-refractivity contribution is 7.89. The molecule has 0 spiro atoms. The number of halogens is 1. The van der Waals surface area contributed by atoms with Crippen molar-refractivity contribution < 1.29 is 17.6 Å². The first-order valence-electron chi connectivity index (χ1n) is 10.2. The average Bonchev–Trinajstić information content (AvgIpc) is 3.00. The smallest absolute Gasteiger partial charge is 0.240 e. The van der Waals surface area contributed by atoms with Crippen molar-refractivity contribution in [1.29, 1.82) is 0 Å². The second-order valence-electron chi connectivity index (χ2n) is 8.76. The zero-order chi connectivity index (χ0) is 22.6. The molecular weight excluding hydrogens is 417 g/mol. The van der Waals surface area contributed by atoms with E-state index in [0.717, 1.165) is 33.4 Å². The lowest BCUT2D eigenvalue weighted by Crippen LogP contribution is -2.39. The molecule has 0 saturated heterocycles. The Hall–Kier alpha value is -2.71. The van der Waals surface area contributed by atoms with Gasteiger partial charge >= 0.3 is 0 Å². The maximum absolute atomic E-state index is 13.7. The summed E-state index contributed by atoms with van der Waals surface area (Å²) in [6.45, 7) is 5.97. The van der Waals surface area contributed by atoms with E-state index in [9.17, 15) is 17.6 Å². The van der Waals surface area contributed by atoms with Crippen LogP contribution >= 0.6 is 0 Å². The van der Waals surface area contributed by atoms with Crippen LogP contribution in [0.15, 0.2) is 41.3 Å². The number of aromatic nitrogens is 1. The van der Waals surface area contributed by atoms with Gasteiger partial charge in [0, 0.05) is 47.7 Å². The van der Waals surface area contributed by atoms with E-state index in [-0.39, 0.29) is 23.2 Å². The van der Waals surface area contributed by atoms with Crippen molar-refractivity contribution in [3.63, 3.8) is 0 Å². The highest BCUT2D eigenvalue weighted by Crippen LogP contribution is 2.40. The molecule has 4 rings (SSSR count). The fourth-order valence-electron chi connectivity index (χ4n) is 4.31. The van der Waals surface area contributed by atoms with Gasteiger partial charge in [-0.1, -0.05) is 13.8 Å². The third-order valence-electron chi connectivity index (χ3n) is 6.08. The Morgan fingerprint density at radius 3 is 2.68 bits per heavy atom. The summed E-state index contributed by atoms with van der Waals surface area (Å²) in [4.78, 5) is 17.2. The third kappa shape index (κ3) is 3.85. The van der Waals surface area contributed by atoms with E-state index >= 15 is 0 Å². The maximum Gasteiger partial charge on any atom is 0.240 e. The molecule has 1 aliphatic rings. The molecule has 0 unspecified atom stereocenters. The zero-order valence-electron chi connectivity index (χ0n) is 18.0. The summed E-state index contributed by atoms with van der Waals surface area (Å²) in [5.41, 5.74) is 3.73. The van der Waals surface area contributed by atoms with Gasteiger partial charge < -0.3 is 9.88 Å². The Morgan fingerprint density at radius 2 is 1.94 bits per heavy atom. The standard InChI is InChI=1S/C23H26FN3O3S/c1-14-17(18-11-15(24)5-7-20(18)26-14)9-10-25-31(29,30)16-6-8-21-19(12-16)23(2,3)13-22(28)27(21)4/h5-8,11-12,25-26H,9-10,13H2,1-4H3. The minimum atomic E-state index is -3.74. The highest BCUT2D eigenvalue weighted by Gasteiger charge is 2.36. The number of aryl methyl sites for hydroxylation is 1. The number of nitrogens with one attached hydrogen (secondary N) is 2. The van der Waals surface area contributed by atoms with Crippen molar-refractivity contribution in [2.75, 3.05) is 18.5 Å². The summed E-state index contributed by atoms with van der Waals surface area (Å²) in [6, 6.07) is 9.42. The van der Waals surface area contributed by atoms with Crippen LogP contribution in [-0.4, -0.2) is 32.9 Å². The van der Waals surface area contributed by atoms with E-state index < -0.39 is 15.4 Å². The molecule has 2 aromatic carbocycles. The highest BCUT2D eigenvalue weighted by atomic mass is 32.2. The second-order valence-corrected chi connectivity index (χ2v) is 10.5. The fourth-order valence-corrected chi connectivity index (χ4v) is 5.37. The largest absolute Gasteiger partial charge is 0.358 e. The molecule has 0 aliphatic carbocycles. The molecule has 164 valence electrons. The van der Waals surface area contributed by atoms with E-state index in [0.29, 0.717) is 12.8 Å². The molecule has 0 radical (unpaired) electrons. The lowest BCUT2D eigenvalue weighted by atomic mass is 9.77. The summed E-state index contributed by atoms with van der Waals surface area (Å²) >= 11 is 0. The molecule has 1 aliphatic heterocycles. The molecule has 1 amide bonds. The van der Waals surface area contributed by atoms with E-state index in [1.165, 1.54) is 18.2 Å². The van der Waals surface area contributed by atoms with Crippen molar-refractivity contribution in [1.82, 2.24) is 9.71 Å². The monoisotopic (exact) mass is 443 g/mol. The molecule has 6 nitrogen and oxygen atoms in total. The molecule has 8 heteroatoms. The van der Waals surface area contributed by atoms with E-state index in [1.807, 2.05) is 20.8 Å². The topological polar surface area (TPSA) is 82.3 Å². The lowest BCUT2D eigenvalue weighted by Gasteiger charge is -2.37. The second kappa shape index (κ2) is 7.46. The number of hydrogen-bond donors (Lipinski definition) is 2. The van der Waals surface area contributed by atoms with E-state index in [1.54, 1.807) is 30.1 Å². The number of aromatic amines is 1. The van der Waals surface area contributed by atoms with Gasteiger partial charge in [0.2, 0.25) is 15.9 Å². The van der Waals surface area contributed by atoms with Gasteiger partial charge in [0.1, 0.15) is 5.82 Å². The van der Waals surface area contributed by atoms with Gasteiger partial charge in [0.05, 0.1) is 4.90 Å². The van der Waals surface area contributed by atoms with Gasteiger partial charge in [-0.05, 0) is 60.9 Å². The van der Waals surface area contributed by atoms with Gasteiger partial charge in [-0.25, -0.2) is 17.5 Å². The summed E-state index contributed by atoms with van der Waals surface area (Å²) in [6.07, 6.45) is 0.756. The van der Waals surface area contributed by atoms with Crippen LogP contribution in [0.2, 0.25) is 0 Å². The van der Waals surface area contributed by atoms with Crippen LogP contribution in [0.4, 0.5) is 10.1 Å². The summed E-state index contributed by atoms with van der Waals surface area (Å²) < 4.78 is 42.2. The number of nitrogens with zero attached hydrogens (tertiary/aromatic N) is 1. The van der Waals surface area contributed by atoms with Crippen LogP contribution in [0.3, 0.4) is 0 Å². The number of H-pyrrole nitrogens is 1. The van der Waals surface area contributed by atoms with Crippen LogP contribution in [0.5, 0.6) is 0 Å². The van der Waals surface area contributed by atoms with Gasteiger partial charge in [-0.15, -0.1) is 0 Å². The first-order valence-corrected chi connectivity index (χ1v) is 11.7. The quantitative estimate of drug-likeness (QED) is 0.630. The van der Waals surface area contributed by atoms with Crippen LogP contribution in [0, 0.1) is 12.7 Å².